The van der Waals surface area contributed by atoms with E-state index in [0.717, 1.165) is 29.4 Å². The maximum absolute atomic E-state index is 12.4. The van der Waals surface area contributed by atoms with E-state index in [4.69, 9.17) is 4.74 Å². The number of fused-ring (bicyclic) bond motifs is 2. The van der Waals surface area contributed by atoms with Crippen molar-refractivity contribution in [3.8, 4) is 11.5 Å². The summed E-state index contributed by atoms with van der Waals surface area (Å²) in [6.07, 6.45) is 6.51. The first-order valence-corrected chi connectivity index (χ1v) is 13.2. The maximum atomic E-state index is 12.4. The Labute approximate surface area is 214 Å². The van der Waals surface area contributed by atoms with E-state index in [2.05, 4.69) is 42.5 Å². The molecule has 1 N–H and O–H groups in total. The van der Waals surface area contributed by atoms with E-state index >= 15 is 0 Å². The Hall–Kier alpha value is -3.33. The Balaban J connectivity index is 1.59. The van der Waals surface area contributed by atoms with Crippen LogP contribution in [0.4, 0.5) is 0 Å². The fourth-order valence-electron chi connectivity index (χ4n) is 5.99. The number of allylic oxidation sites excluding steroid dienone is 1. The first-order valence-electron chi connectivity index (χ1n) is 13.2. The Morgan fingerprint density at radius 3 is 2.03 bits per heavy atom. The Bertz CT molecular complexity index is 1230. The van der Waals surface area contributed by atoms with Crippen molar-refractivity contribution < 1.29 is 14.6 Å². The van der Waals surface area contributed by atoms with Crippen LogP contribution in [0, 0.1) is 23.2 Å². The molecule has 2 aliphatic rings. The van der Waals surface area contributed by atoms with E-state index in [0.29, 0.717) is 11.7 Å². The van der Waals surface area contributed by atoms with Gasteiger partial charge in [-0.2, -0.15) is 0 Å². The van der Waals surface area contributed by atoms with Crippen molar-refractivity contribution >= 4 is 17.1 Å². The third-order valence-electron chi connectivity index (χ3n) is 7.90. The zero-order valence-electron chi connectivity index (χ0n) is 21.5. The second-order valence-corrected chi connectivity index (χ2v) is 11.6. The summed E-state index contributed by atoms with van der Waals surface area (Å²) in [5, 5.41) is 9.99. The van der Waals surface area contributed by atoms with Gasteiger partial charge in [0.2, 0.25) is 0 Å². The smallest absolute Gasteiger partial charge is 0.316 e. The molecule has 2 bridgehead atoms. The second-order valence-electron chi connectivity index (χ2n) is 11.6. The predicted octanol–water partition coefficient (Wildman–Crippen LogP) is 8.13. The lowest BCUT2D eigenvalue weighted by Gasteiger charge is -2.26. The van der Waals surface area contributed by atoms with Gasteiger partial charge in [-0.05, 0) is 116 Å². The number of ether oxygens (including phenoxy) is 1. The Kier molecular flexibility index (Phi) is 6.75. The summed E-state index contributed by atoms with van der Waals surface area (Å²) in [5.41, 5.74) is 5.37. The molecule has 2 aliphatic carbocycles. The van der Waals surface area contributed by atoms with E-state index in [9.17, 15) is 9.90 Å². The minimum atomic E-state index is -0.559. The molecule has 0 heterocycles. The summed E-state index contributed by atoms with van der Waals surface area (Å²) >= 11 is 0. The molecule has 0 aromatic heterocycles. The van der Waals surface area contributed by atoms with Crippen LogP contribution in [0.25, 0.3) is 11.1 Å². The van der Waals surface area contributed by atoms with Gasteiger partial charge in [0.15, 0.2) is 0 Å². The minimum Gasteiger partial charge on any atom is -0.508 e. The minimum absolute atomic E-state index is 0.245. The van der Waals surface area contributed by atoms with Gasteiger partial charge in [-0.25, -0.2) is 0 Å². The quantitative estimate of drug-likeness (QED) is 0.220. The van der Waals surface area contributed by atoms with E-state index in [1.807, 2.05) is 45.0 Å². The van der Waals surface area contributed by atoms with Crippen molar-refractivity contribution in [2.24, 2.45) is 23.2 Å². The highest BCUT2D eigenvalue weighted by Crippen LogP contribution is 2.52. The standard InChI is InChI=1S/C33H36O3/c1-33(2,3)32(35)36-29-17-13-25(14-18-29)31(24-11-15-28(34)16-12-24)30(23-7-5-4-6-8-23)21-27-20-22-9-10-26(27)19-22/h4-8,11-18,22,26-27,34H,9-10,19-21H2,1-3H3/b31-30+. The average Bonchev–Trinajstić information content (AvgIpc) is 3.49. The fourth-order valence-corrected chi connectivity index (χ4v) is 5.99. The first-order chi connectivity index (χ1) is 17.3. The lowest BCUT2D eigenvalue weighted by atomic mass is 9.79. The average molecular weight is 481 g/mol. The lowest BCUT2D eigenvalue weighted by Crippen LogP contribution is -2.25. The van der Waals surface area contributed by atoms with Crippen molar-refractivity contribution in [2.45, 2.75) is 52.9 Å². The highest BCUT2D eigenvalue weighted by Gasteiger charge is 2.40. The summed E-state index contributed by atoms with van der Waals surface area (Å²) in [6.45, 7) is 5.57. The topological polar surface area (TPSA) is 46.5 Å². The lowest BCUT2D eigenvalue weighted by molar-refractivity contribution is -0.142. The third kappa shape index (κ3) is 5.26. The van der Waals surface area contributed by atoms with Gasteiger partial charge in [0.05, 0.1) is 5.41 Å². The summed E-state index contributed by atoms with van der Waals surface area (Å²) in [6, 6.07) is 26.1. The summed E-state index contributed by atoms with van der Waals surface area (Å²) in [4.78, 5) is 12.4. The number of benzene rings is 3. The number of hydrogen-bond donors (Lipinski definition) is 1. The molecule has 0 amide bonds. The van der Waals surface area contributed by atoms with E-state index in [1.165, 1.54) is 42.4 Å². The van der Waals surface area contributed by atoms with Gasteiger partial charge < -0.3 is 9.84 Å². The number of rotatable bonds is 6. The molecular formula is C33H36O3. The molecular weight excluding hydrogens is 444 g/mol. The zero-order valence-corrected chi connectivity index (χ0v) is 21.5. The number of phenolic OH excluding ortho intramolecular Hbond substituents is 1. The normalized spacial score (nSPS) is 21.8. The molecule has 2 fully saturated rings. The Morgan fingerprint density at radius 2 is 1.47 bits per heavy atom. The molecule has 36 heavy (non-hydrogen) atoms. The van der Waals surface area contributed by atoms with Crippen LogP contribution >= 0.6 is 0 Å². The zero-order chi connectivity index (χ0) is 25.3. The number of esters is 1. The first kappa shape index (κ1) is 24.4. The summed E-state index contributed by atoms with van der Waals surface area (Å²) < 4.78 is 5.63. The van der Waals surface area contributed by atoms with Crippen LogP contribution in [-0.2, 0) is 4.79 Å². The molecule has 2 saturated carbocycles. The number of aromatic hydroxyl groups is 1. The molecule has 3 nitrogen and oxygen atoms in total. The molecule has 186 valence electrons. The molecule has 0 saturated heterocycles. The van der Waals surface area contributed by atoms with Crippen LogP contribution in [0.5, 0.6) is 11.5 Å². The molecule has 0 spiro atoms. The summed E-state index contributed by atoms with van der Waals surface area (Å²) in [5.74, 6) is 3.00. The molecule has 3 aromatic rings. The van der Waals surface area contributed by atoms with Crippen molar-refractivity contribution in [3.63, 3.8) is 0 Å². The number of hydrogen-bond acceptors (Lipinski definition) is 3. The molecule has 5 rings (SSSR count). The third-order valence-corrected chi connectivity index (χ3v) is 7.90. The molecule has 0 radical (unpaired) electrons. The molecule has 3 aromatic carbocycles. The van der Waals surface area contributed by atoms with Gasteiger partial charge in [0.25, 0.3) is 0 Å². The highest BCUT2D eigenvalue weighted by molar-refractivity contribution is 5.98. The molecule has 3 unspecified atom stereocenters. The number of carbonyl (C=O) groups excluding carboxylic acids is 1. The van der Waals surface area contributed by atoms with Crippen LogP contribution < -0.4 is 4.74 Å². The molecule has 3 heteroatoms. The van der Waals surface area contributed by atoms with Crippen LogP contribution in [0.2, 0.25) is 0 Å². The predicted molar refractivity (Wildman–Crippen MR) is 146 cm³/mol. The van der Waals surface area contributed by atoms with Gasteiger partial charge in [0.1, 0.15) is 11.5 Å². The van der Waals surface area contributed by atoms with Gasteiger partial charge in [-0.3, -0.25) is 4.79 Å². The van der Waals surface area contributed by atoms with E-state index in [1.54, 1.807) is 12.1 Å². The highest BCUT2D eigenvalue weighted by atomic mass is 16.5. The summed E-state index contributed by atoms with van der Waals surface area (Å²) in [7, 11) is 0. The van der Waals surface area contributed by atoms with Crippen LogP contribution in [0.1, 0.15) is 69.6 Å². The van der Waals surface area contributed by atoms with Gasteiger partial charge in [-0.15, -0.1) is 0 Å². The van der Waals surface area contributed by atoms with Crippen LogP contribution in [0.15, 0.2) is 78.9 Å². The monoisotopic (exact) mass is 480 g/mol. The largest absolute Gasteiger partial charge is 0.508 e. The van der Waals surface area contributed by atoms with E-state index in [-0.39, 0.29) is 11.7 Å². The number of carbonyl (C=O) groups is 1. The van der Waals surface area contributed by atoms with Crippen LogP contribution in [-0.4, -0.2) is 11.1 Å². The Morgan fingerprint density at radius 1 is 0.833 bits per heavy atom. The van der Waals surface area contributed by atoms with E-state index < -0.39 is 5.41 Å². The SMILES string of the molecule is CC(C)(C)C(=O)Oc1ccc(/C(=C(\CC2CC3CCC2C3)c2ccccc2)c2ccc(O)cc2)cc1. The van der Waals surface area contributed by atoms with Crippen LogP contribution in [0.3, 0.4) is 0 Å². The maximum Gasteiger partial charge on any atom is 0.316 e. The van der Waals surface area contributed by atoms with Crippen molar-refractivity contribution in [1.82, 2.24) is 0 Å². The molecule has 0 aliphatic heterocycles. The van der Waals surface area contributed by atoms with Crippen molar-refractivity contribution in [2.75, 3.05) is 0 Å². The second kappa shape index (κ2) is 9.97. The fraction of sp³-hybridized carbons (Fsp3) is 0.364. The van der Waals surface area contributed by atoms with Gasteiger partial charge in [0, 0.05) is 0 Å². The van der Waals surface area contributed by atoms with Gasteiger partial charge >= 0.3 is 5.97 Å². The van der Waals surface area contributed by atoms with Gasteiger partial charge in [-0.1, -0.05) is 61.0 Å². The number of phenols is 1. The van der Waals surface area contributed by atoms with Crippen molar-refractivity contribution in [3.05, 3.63) is 95.6 Å². The molecule has 3 atom stereocenters. The van der Waals surface area contributed by atoms with Crippen molar-refractivity contribution in [1.29, 1.82) is 0 Å².